The van der Waals surface area contributed by atoms with Gasteiger partial charge in [0.1, 0.15) is 0 Å². The van der Waals surface area contributed by atoms with Gasteiger partial charge < -0.3 is 10.2 Å². The number of carbonyl (C=O) groups excluding carboxylic acids is 2. The van der Waals surface area contributed by atoms with Gasteiger partial charge in [-0.05, 0) is 19.9 Å². The lowest BCUT2D eigenvalue weighted by Gasteiger charge is -2.26. The van der Waals surface area contributed by atoms with Crippen molar-refractivity contribution in [3.8, 4) is 0 Å². The summed E-state index contributed by atoms with van der Waals surface area (Å²) in [5.74, 6) is -0.241. The number of nitrogens with one attached hydrogen (secondary N) is 1. The molecule has 0 aliphatic carbocycles. The molecule has 1 N–H and O–H groups in total. The topological polar surface area (TPSA) is 67.2 Å². The molecule has 0 bridgehead atoms. The van der Waals surface area contributed by atoms with E-state index in [1.165, 1.54) is 6.08 Å². The molecule has 0 unspecified atom stereocenters. The molecule has 2 heterocycles. The van der Waals surface area contributed by atoms with E-state index in [4.69, 9.17) is 0 Å². The Morgan fingerprint density at radius 1 is 1.45 bits per heavy atom. The van der Waals surface area contributed by atoms with Crippen molar-refractivity contribution in [3.05, 3.63) is 29.6 Å². The molecule has 108 valence electrons. The van der Waals surface area contributed by atoms with Gasteiger partial charge in [-0.2, -0.15) is 5.10 Å². The van der Waals surface area contributed by atoms with Crippen LogP contribution >= 0.6 is 0 Å². The van der Waals surface area contributed by atoms with Gasteiger partial charge in [0.15, 0.2) is 0 Å². The summed E-state index contributed by atoms with van der Waals surface area (Å²) >= 11 is 0. The summed E-state index contributed by atoms with van der Waals surface area (Å²) in [7, 11) is 3.64. The van der Waals surface area contributed by atoms with Crippen molar-refractivity contribution in [2.45, 2.75) is 32.4 Å². The Bertz CT molecular complexity index is 576. The highest BCUT2D eigenvalue weighted by Gasteiger charge is 2.41. The number of aromatic nitrogens is 2. The number of carbonyl (C=O) groups is 2. The lowest BCUT2D eigenvalue weighted by Crippen LogP contribution is -2.38. The predicted molar refractivity (Wildman–Crippen MR) is 74.9 cm³/mol. The standard InChI is InChI=1S/C14H20N4O2/c1-6-11(19)15-10-7-12(20)17(4)14(10)13-8(2)16-18(5)9(13)3/h6,10,14H,1,7H2,2-5H3,(H,15,19)/t10-,14-/m0/s1. The maximum Gasteiger partial charge on any atom is 0.243 e. The van der Waals surface area contributed by atoms with Gasteiger partial charge in [-0.1, -0.05) is 6.58 Å². The van der Waals surface area contributed by atoms with E-state index in [-0.39, 0.29) is 23.9 Å². The van der Waals surface area contributed by atoms with Crippen LogP contribution in [0.15, 0.2) is 12.7 Å². The van der Waals surface area contributed by atoms with Gasteiger partial charge in [0.25, 0.3) is 0 Å². The molecule has 0 saturated carbocycles. The SMILES string of the molecule is C=CC(=O)N[C@H]1CC(=O)N(C)[C@@H]1c1c(C)nn(C)c1C. The third-order valence-electron chi connectivity index (χ3n) is 3.96. The second-order valence-corrected chi connectivity index (χ2v) is 5.18. The zero-order valence-corrected chi connectivity index (χ0v) is 12.3. The van der Waals surface area contributed by atoms with Crippen LogP contribution in [-0.2, 0) is 16.6 Å². The summed E-state index contributed by atoms with van der Waals surface area (Å²) in [6, 6.07) is -0.431. The van der Waals surface area contributed by atoms with Crippen molar-refractivity contribution >= 4 is 11.8 Å². The Kier molecular flexibility index (Phi) is 3.65. The Morgan fingerprint density at radius 3 is 2.60 bits per heavy atom. The first-order chi connectivity index (χ1) is 9.36. The number of hydrogen-bond acceptors (Lipinski definition) is 3. The van der Waals surface area contributed by atoms with Crippen LogP contribution in [0, 0.1) is 13.8 Å². The Labute approximate surface area is 118 Å². The molecule has 2 amide bonds. The first-order valence-electron chi connectivity index (χ1n) is 6.55. The van der Waals surface area contributed by atoms with E-state index in [1.807, 2.05) is 20.9 Å². The fourth-order valence-electron chi connectivity index (χ4n) is 2.85. The smallest absolute Gasteiger partial charge is 0.243 e. The quantitative estimate of drug-likeness (QED) is 0.823. The van der Waals surface area contributed by atoms with Gasteiger partial charge in [0, 0.05) is 31.8 Å². The van der Waals surface area contributed by atoms with Crippen LogP contribution in [0.5, 0.6) is 0 Å². The van der Waals surface area contributed by atoms with Crippen LogP contribution in [0.2, 0.25) is 0 Å². The van der Waals surface area contributed by atoms with Gasteiger partial charge in [-0.3, -0.25) is 14.3 Å². The third kappa shape index (κ3) is 2.21. The zero-order valence-electron chi connectivity index (χ0n) is 12.3. The van der Waals surface area contributed by atoms with Crippen LogP contribution in [-0.4, -0.2) is 39.6 Å². The number of likely N-dealkylation sites (N-methyl/N-ethyl adjacent to an activating group) is 1. The van der Waals surface area contributed by atoms with Crippen LogP contribution in [0.25, 0.3) is 0 Å². The van der Waals surface area contributed by atoms with Crippen LogP contribution in [0.1, 0.15) is 29.4 Å². The third-order valence-corrected chi connectivity index (χ3v) is 3.96. The number of nitrogens with zero attached hydrogens (tertiary/aromatic N) is 3. The zero-order chi connectivity index (χ0) is 15.0. The number of hydrogen-bond donors (Lipinski definition) is 1. The van der Waals surface area contributed by atoms with Crippen molar-refractivity contribution in [3.63, 3.8) is 0 Å². The number of rotatable bonds is 3. The fourth-order valence-corrected chi connectivity index (χ4v) is 2.85. The molecule has 0 radical (unpaired) electrons. The number of aryl methyl sites for hydroxylation is 2. The average molecular weight is 276 g/mol. The molecule has 2 rings (SSSR count). The lowest BCUT2D eigenvalue weighted by molar-refractivity contribution is -0.127. The summed E-state index contributed by atoms with van der Waals surface area (Å²) in [6.45, 7) is 7.34. The maximum absolute atomic E-state index is 12.0. The fraction of sp³-hybridized carbons (Fsp3) is 0.500. The first kappa shape index (κ1) is 14.3. The Hall–Kier alpha value is -2.11. The minimum absolute atomic E-state index is 0.0204. The van der Waals surface area contributed by atoms with Crippen LogP contribution < -0.4 is 5.32 Å². The summed E-state index contributed by atoms with van der Waals surface area (Å²) in [5.41, 5.74) is 2.90. The number of likely N-dealkylation sites (tertiary alicyclic amines) is 1. The van der Waals surface area contributed by atoms with Crippen molar-refractivity contribution in [1.29, 1.82) is 0 Å². The average Bonchev–Trinajstić information content (AvgIpc) is 2.79. The van der Waals surface area contributed by atoms with E-state index < -0.39 is 0 Å². The van der Waals surface area contributed by atoms with E-state index in [0.717, 1.165) is 17.0 Å². The second-order valence-electron chi connectivity index (χ2n) is 5.18. The number of amides is 2. The molecule has 2 atom stereocenters. The van der Waals surface area contributed by atoms with Gasteiger partial charge in [-0.15, -0.1) is 0 Å². The molecular formula is C14H20N4O2. The van der Waals surface area contributed by atoms with Gasteiger partial charge in [0.2, 0.25) is 11.8 Å². The summed E-state index contributed by atoms with van der Waals surface area (Å²) in [4.78, 5) is 25.2. The highest BCUT2D eigenvalue weighted by atomic mass is 16.2. The predicted octanol–water partition coefficient (Wildman–Crippen LogP) is 0.611. The van der Waals surface area contributed by atoms with Crippen LogP contribution in [0.3, 0.4) is 0 Å². The van der Waals surface area contributed by atoms with Gasteiger partial charge >= 0.3 is 0 Å². The molecule has 0 spiro atoms. The van der Waals surface area contributed by atoms with Crippen molar-refractivity contribution in [2.24, 2.45) is 7.05 Å². The highest BCUT2D eigenvalue weighted by molar-refractivity contribution is 5.89. The van der Waals surface area contributed by atoms with Gasteiger partial charge in [0.05, 0.1) is 17.8 Å². The largest absolute Gasteiger partial charge is 0.347 e. The van der Waals surface area contributed by atoms with E-state index >= 15 is 0 Å². The Balaban J connectivity index is 2.41. The summed E-state index contributed by atoms with van der Waals surface area (Å²) < 4.78 is 1.80. The monoisotopic (exact) mass is 276 g/mol. The van der Waals surface area contributed by atoms with Crippen molar-refractivity contribution in [2.75, 3.05) is 7.05 Å². The normalized spacial score (nSPS) is 22.2. The molecule has 1 fully saturated rings. The Morgan fingerprint density at radius 2 is 2.10 bits per heavy atom. The van der Waals surface area contributed by atoms with E-state index in [2.05, 4.69) is 17.0 Å². The molecule has 1 aromatic rings. The minimum atomic E-state index is -0.262. The minimum Gasteiger partial charge on any atom is -0.347 e. The molecule has 1 saturated heterocycles. The van der Waals surface area contributed by atoms with Crippen LogP contribution in [0.4, 0.5) is 0 Å². The van der Waals surface area contributed by atoms with E-state index in [0.29, 0.717) is 6.42 Å². The molecule has 1 aliphatic rings. The molecule has 6 nitrogen and oxygen atoms in total. The lowest BCUT2D eigenvalue weighted by atomic mass is 9.98. The molecule has 1 aromatic heterocycles. The van der Waals surface area contributed by atoms with Crippen molar-refractivity contribution in [1.82, 2.24) is 20.0 Å². The van der Waals surface area contributed by atoms with Gasteiger partial charge in [-0.25, -0.2) is 0 Å². The first-order valence-corrected chi connectivity index (χ1v) is 6.55. The molecular weight excluding hydrogens is 256 g/mol. The highest BCUT2D eigenvalue weighted by Crippen LogP contribution is 2.35. The molecule has 6 heteroatoms. The maximum atomic E-state index is 12.0. The van der Waals surface area contributed by atoms with E-state index in [9.17, 15) is 9.59 Å². The molecule has 0 aromatic carbocycles. The second kappa shape index (κ2) is 5.11. The molecule has 1 aliphatic heterocycles. The molecule has 20 heavy (non-hydrogen) atoms. The van der Waals surface area contributed by atoms with E-state index in [1.54, 1.807) is 16.6 Å². The summed E-state index contributed by atoms with van der Waals surface area (Å²) in [6.07, 6.45) is 1.53. The summed E-state index contributed by atoms with van der Waals surface area (Å²) in [5, 5.41) is 7.24. The van der Waals surface area contributed by atoms with Crippen molar-refractivity contribution < 1.29 is 9.59 Å².